The molecule has 0 aromatic rings. The van der Waals surface area contributed by atoms with Crippen molar-refractivity contribution in [1.29, 1.82) is 0 Å². The Morgan fingerprint density at radius 1 is 1.40 bits per heavy atom. The summed E-state index contributed by atoms with van der Waals surface area (Å²) in [6, 6.07) is 0. The lowest BCUT2D eigenvalue weighted by Crippen LogP contribution is -2.26. The summed E-state index contributed by atoms with van der Waals surface area (Å²) in [5.74, 6) is -0.468. The number of hydrogen-bond donors (Lipinski definition) is 1. The van der Waals surface area contributed by atoms with Gasteiger partial charge in [-0.05, 0) is 6.92 Å². The Hall–Kier alpha value is -0.790. The van der Waals surface area contributed by atoms with Crippen molar-refractivity contribution in [2.45, 2.75) is 20.8 Å². The minimum absolute atomic E-state index is 0.109. The summed E-state index contributed by atoms with van der Waals surface area (Å²) in [6.45, 7) is 9.28. The van der Waals surface area contributed by atoms with Crippen LogP contribution in [0.15, 0.2) is 12.2 Å². The molecule has 0 radical (unpaired) electrons. The van der Waals surface area contributed by atoms with E-state index in [1.165, 1.54) is 23.0 Å². The molecule has 0 bridgehead atoms. The average Bonchev–Trinajstić information content (AvgIpc) is 2.26. The molecular weight excluding hydrogens is 313 g/mol. The van der Waals surface area contributed by atoms with Crippen molar-refractivity contribution < 1.29 is 17.4 Å². The van der Waals surface area contributed by atoms with E-state index in [4.69, 9.17) is 0 Å². The van der Waals surface area contributed by atoms with Gasteiger partial charge in [0.25, 0.3) is 0 Å². The topological polar surface area (TPSA) is 64.6 Å². The van der Waals surface area contributed by atoms with E-state index < -0.39 is 12.1 Å². The number of carbonyl (C=O) groups excluding carboxylic acids is 2. The second-order valence-corrected chi connectivity index (χ2v) is 2.65. The average molecular weight is 329 g/mol. The molecule has 0 atom stereocenters. The van der Waals surface area contributed by atoms with Crippen LogP contribution in [-0.2, 0) is 12.6 Å². The molecule has 0 saturated carbocycles. The number of carbonyl (C=O) groups is 2. The predicted molar refractivity (Wildman–Crippen MR) is 65.6 cm³/mol. The Balaban J connectivity index is 0. The normalized spacial score (nSPS) is 8.00. The Morgan fingerprint density at radius 2 is 1.93 bits per heavy atom. The maximum atomic E-state index is 10.8. The molecule has 0 aliphatic rings. The van der Waals surface area contributed by atoms with Crippen LogP contribution in [0.25, 0.3) is 0 Å². The van der Waals surface area contributed by atoms with Gasteiger partial charge in [-0.3, -0.25) is 0 Å². The van der Waals surface area contributed by atoms with Crippen LogP contribution in [0.4, 0.5) is 4.79 Å². The number of amides is 1. The van der Waals surface area contributed by atoms with E-state index in [9.17, 15) is 9.59 Å². The first-order valence-corrected chi connectivity index (χ1v) is 5.35. The van der Waals surface area contributed by atoms with Gasteiger partial charge in [-0.2, -0.15) is 0 Å². The van der Waals surface area contributed by atoms with Gasteiger partial charge < -0.3 is 13.1 Å². The van der Waals surface area contributed by atoms with E-state index in [1.54, 1.807) is 6.92 Å². The van der Waals surface area contributed by atoms with Crippen LogP contribution in [0, 0.1) is 0 Å². The fourth-order valence-electron chi connectivity index (χ4n) is 0.447. The van der Waals surface area contributed by atoms with Gasteiger partial charge in [-0.15, -0.1) is 0 Å². The van der Waals surface area contributed by atoms with Crippen LogP contribution in [0.1, 0.15) is 20.8 Å². The Labute approximate surface area is 104 Å². The van der Waals surface area contributed by atoms with Crippen molar-refractivity contribution in [3.63, 3.8) is 0 Å². The van der Waals surface area contributed by atoms with E-state index in [1.807, 2.05) is 13.8 Å². The Bertz CT molecular complexity index is 218. The standard InChI is InChI=1S/C7H10INO4.C2H6/c1-5(2)6(10)12-4-3-9-7(11)13-8;1-2/h1,3-4H2,2H3,(H,9,11);1-2H3. The second-order valence-electron chi connectivity index (χ2n) is 2.21. The summed E-state index contributed by atoms with van der Waals surface area (Å²) in [7, 11) is 0. The lowest BCUT2D eigenvalue weighted by molar-refractivity contribution is -0.138. The highest BCUT2D eigenvalue weighted by atomic mass is 127. The van der Waals surface area contributed by atoms with E-state index >= 15 is 0 Å². The lowest BCUT2D eigenvalue weighted by Gasteiger charge is -2.04. The molecule has 88 valence electrons. The zero-order chi connectivity index (χ0) is 12.3. The number of rotatable bonds is 4. The van der Waals surface area contributed by atoms with Crippen LogP contribution in [0.5, 0.6) is 0 Å². The van der Waals surface area contributed by atoms with Crippen LogP contribution in [-0.4, -0.2) is 25.2 Å². The highest BCUT2D eigenvalue weighted by molar-refractivity contribution is 14.1. The van der Waals surface area contributed by atoms with Gasteiger partial charge in [-0.1, -0.05) is 20.4 Å². The number of halogens is 1. The van der Waals surface area contributed by atoms with Crippen molar-refractivity contribution >= 4 is 35.1 Å². The van der Waals surface area contributed by atoms with Crippen molar-refractivity contribution in [2.75, 3.05) is 13.2 Å². The molecule has 0 saturated heterocycles. The third-order valence-electron chi connectivity index (χ3n) is 1.02. The van der Waals surface area contributed by atoms with Gasteiger partial charge >= 0.3 is 12.1 Å². The predicted octanol–water partition coefficient (Wildman–Crippen LogP) is 2.21. The molecule has 0 aromatic heterocycles. The lowest BCUT2D eigenvalue weighted by atomic mass is 10.4. The molecule has 5 nitrogen and oxygen atoms in total. The molecule has 0 unspecified atom stereocenters. The molecule has 0 rings (SSSR count). The summed E-state index contributed by atoms with van der Waals surface area (Å²) in [5, 5.41) is 2.35. The van der Waals surface area contributed by atoms with Gasteiger partial charge in [0.05, 0.1) is 6.54 Å². The maximum absolute atomic E-state index is 10.8. The summed E-state index contributed by atoms with van der Waals surface area (Å²) in [6.07, 6.45) is -0.563. The number of esters is 1. The smallest absolute Gasteiger partial charge is 0.416 e. The Kier molecular flexibility index (Phi) is 12.5. The first kappa shape index (κ1) is 16.6. The molecule has 0 aromatic carbocycles. The molecule has 0 heterocycles. The number of ether oxygens (including phenoxy) is 1. The van der Waals surface area contributed by atoms with E-state index in [2.05, 4.69) is 19.7 Å². The molecule has 1 amide bonds. The van der Waals surface area contributed by atoms with E-state index in [-0.39, 0.29) is 13.2 Å². The highest BCUT2D eigenvalue weighted by Gasteiger charge is 2.03. The zero-order valence-corrected chi connectivity index (χ0v) is 11.3. The summed E-state index contributed by atoms with van der Waals surface area (Å²) < 4.78 is 8.95. The number of nitrogens with one attached hydrogen (secondary N) is 1. The fourth-order valence-corrected chi connectivity index (χ4v) is 0.603. The van der Waals surface area contributed by atoms with Gasteiger partial charge in [-0.25, -0.2) is 9.59 Å². The first-order chi connectivity index (χ1) is 7.07. The van der Waals surface area contributed by atoms with Gasteiger partial charge in [0.2, 0.25) is 0 Å². The fraction of sp³-hybridized carbons (Fsp3) is 0.556. The zero-order valence-electron chi connectivity index (χ0n) is 9.13. The molecule has 15 heavy (non-hydrogen) atoms. The van der Waals surface area contributed by atoms with Crippen molar-refractivity contribution in [2.24, 2.45) is 0 Å². The largest absolute Gasteiger partial charge is 0.460 e. The van der Waals surface area contributed by atoms with Crippen molar-refractivity contribution in [3.8, 4) is 0 Å². The van der Waals surface area contributed by atoms with Crippen molar-refractivity contribution in [1.82, 2.24) is 5.32 Å². The highest BCUT2D eigenvalue weighted by Crippen LogP contribution is 1.91. The maximum Gasteiger partial charge on any atom is 0.416 e. The van der Waals surface area contributed by atoms with Crippen molar-refractivity contribution in [3.05, 3.63) is 12.2 Å². The monoisotopic (exact) mass is 329 g/mol. The third kappa shape index (κ3) is 11.1. The number of hydrogen-bond acceptors (Lipinski definition) is 4. The SMILES string of the molecule is C=C(C)C(=O)OCCNC(=O)OI.CC. The molecule has 0 spiro atoms. The molecule has 0 aliphatic heterocycles. The molecule has 0 fully saturated rings. The van der Waals surface area contributed by atoms with Crippen LogP contribution in [0.2, 0.25) is 0 Å². The van der Waals surface area contributed by atoms with Gasteiger partial charge in [0.15, 0.2) is 23.0 Å². The van der Waals surface area contributed by atoms with Gasteiger partial charge in [0, 0.05) is 5.57 Å². The van der Waals surface area contributed by atoms with Crippen LogP contribution >= 0.6 is 23.0 Å². The van der Waals surface area contributed by atoms with Crippen LogP contribution in [0.3, 0.4) is 0 Å². The minimum atomic E-state index is -0.563. The first-order valence-electron chi connectivity index (χ1n) is 4.47. The summed E-state index contributed by atoms with van der Waals surface area (Å²) in [4.78, 5) is 21.3. The summed E-state index contributed by atoms with van der Waals surface area (Å²) >= 11 is 1.46. The minimum Gasteiger partial charge on any atom is -0.460 e. The van der Waals surface area contributed by atoms with E-state index in [0.29, 0.717) is 5.57 Å². The molecular formula is C9H16INO4. The van der Waals surface area contributed by atoms with E-state index in [0.717, 1.165) is 0 Å². The van der Waals surface area contributed by atoms with Gasteiger partial charge in [0.1, 0.15) is 6.61 Å². The molecule has 1 N–H and O–H groups in total. The Morgan fingerprint density at radius 3 is 2.33 bits per heavy atom. The molecule has 0 aliphatic carbocycles. The second kappa shape index (κ2) is 11.3. The molecule has 6 heteroatoms. The third-order valence-corrected chi connectivity index (χ3v) is 1.42. The van der Waals surface area contributed by atoms with Crippen LogP contribution < -0.4 is 5.32 Å². The summed E-state index contributed by atoms with van der Waals surface area (Å²) in [5.41, 5.74) is 0.330. The quantitative estimate of drug-likeness (QED) is 0.372.